The van der Waals surface area contributed by atoms with E-state index in [1.54, 1.807) is 0 Å². The van der Waals surface area contributed by atoms with E-state index in [0.29, 0.717) is 16.7 Å². The molecule has 0 bridgehead atoms. The molecule has 0 radical (unpaired) electrons. The molecule has 5 nitrogen and oxygen atoms in total. The van der Waals surface area contributed by atoms with Crippen molar-refractivity contribution >= 4 is 56.0 Å². The molecule has 0 unspecified atom stereocenters. The van der Waals surface area contributed by atoms with Gasteiger partial charge in [-0.1, -0.05) is 27.5 Å². The van der Waals surface area contributed by atoms with Crippen molar-refractivity contribution in [2.45, 2.75) is 6.92 Å². The van der Waals surface area contributed by atoms with Crippen molar-refractivity contribution in [1.82, 2.24) is 19.6 Å². The van der Waals surface area contributed by atoms with Crippen LogP contribution in [0, 0.1) is 6.92 Å². The number of benzene rings is 2. The molecule has 0 aliphatic rings. The number of hydrogen-bond acceptors (Lipinski definition) is 3. The van der Waals surface area contributed by atoms with Crippen LogP contribution in [0.3, 0.4) is 0 Å². The first kappa shape index (κ1) is 13.6. The molecular formula is C15H11BrClN5. The van der Waals surface area contributed by atoms with Gasteiger partial charge < -0.3 is 5.32 Å². The average Bonchev–Trinajstić information content (AvgIpc) is 2.98. The Morgan fingerprint density at radius 2 is 2.05 bits per heavy atom. The molecular weight excluding hydrogens is 366 g/mol. The van der Waals surface area contributed by atoms with Gasteiger partial charge in [0.05, 0.1) is 11.0 Å². The number of imidazole rings is 1. The number of anilines is 2. The molecule has 0 saturated carbocycles. The summed E-state index contributed by atoms with van der Waals surface area (Å²) >= 11 is 9.42. The van der Waals surface area contributed by atoms with Gasteiger partial charge in [-0.3, -0.25) is 5.10 Å². The average molecular weight is 377 g/mol. The van der Waals surface area contributed by atoms with Crippen LogP contribution in [0.5, 0.6) is 0 Å². The van der Waals surface area contributed by atoms with Gasteiger partial charge in [0.15, 0.2) is 0 Å². The molecule has 4 aromatic rings. The molecule has 2 N–H and O–H groups in total. The number of halogens is 2. The van der Waals surface area contributed by atoms with E-state index in [2.05, 4.69) is 36.3 Å². The fraction of sp³-hybridized carbons (Fsp3) is 0.0667. The lowest BCUT2D eigenvalue weighted by molar-refractivity contribution is 1.01. The number of aromatic amines is 1. The zero-order valence-electron chi connectivity index (χ0n) is 11.6. The second-order valence-corrected chi connectivity index (χ2v) is 6.39. The first-order chi connectivity index (χ1) is 10.6. The SMILES string of the molecule is Cc1cc(Cl)ccc1Nc1nc2nc3cc(Br)ccc3n2[nH]1. The van der Waals surface area contributed by atoms with Crippen molar-refractivity contribution < 1.29 is 0 Å². The van der Waals surface area contributed by atoms with Crippen LogP contribution in [-0.4, -0.2) is 19.6 Å². The minimum Gasteiger partial charge on any atom is -0.324 e. The fourth-order valence-corrected chi connectivity index (χ4v) is 2.98. The molecule has 0 saturated heterocycles. The van der Waals surface area contributed by atoms with Gasteiger partial charge in [0.1, 0.15) is 0 Å². The monoisotopic (exact) mass is 375 g/mol. The number of aromatic nitrogens is 4. The van der Waals surface area contributed by atoms with E-state index < -0.39 is 0 Å². The van der Waals surface area contributed by atoms with Crippen LogP contribution in [0.25, 0.3) is 16.8 Å². The van der Waals surface area contributed by atoms with Crippen LogP contribution in [0.2, 0.25) is 5.02 Å². The van der Waals surface area contributed by atoms with E-state index in [1.165, 1.54) is 0 Å². The summed E-state index contributed by atoms with van der Waals surface area (Å²) in [6.45, 7) is 2.00. The molecule has 0 amide bonds. The summed E-state index contributed by atoms with van der Waals surface area (Å²) in [4.78, 5) is 8.98. The molecule has 22 heavy (non-hydrogen) atoms. The number of H-pyrrole nitrogens is 1. The fourth-order valence-electron chi connectivity index (χ4n) is 2.41. The molecule has 2 heterocycles. The number of nitrogens with one attached hydrogen (secondary N) is 2. The molecule has 7 heteroatoms. The number of aryl methyl sites for hydroxylation is 1. The van der Waals surface area contributed by atoms with E-state index in [0.717, 1.165) is 26.8 Å². The Morgan fingerprint density at radius 3 is 2.86 bits per heavy atom. The summed E-state index contributed by atoms with van der Waals surface area (Å²) in [6, 6.07) is 11.6. The third kappa shape index (κ3) is 2.24. The number of hydrogen-bond donors (Lipinski definition) is 2. The highest BCUT2D eigenvalue weighted by Gasteiger charge is 2.10. The lowest BCUT2D eigenvalue weighted by Gasteiger charge is -2.06. The Morgan fingerprint density at radius 1 is 1.18 bits per heavy atom. The van der Waals surface area contributed by atoms with Crippen molar-refractivity contribution in [3.63, 3.8) is 0 Å². The maximum Gasteiger partial charge on any atom is 0.253 e. The standard InChI is InChI=1S/C15H11BrClN5/c1-8-6-10(17)3-4-11(8)18-14-20-15-19-12-7-9(16)2-5-13(12)22(15)21-14/h2-7H,1H3,(H2,18,19,20,21). The van der Waals surface area contributed by atoms with Gasteiger partial charge in [-0.2, -0.15) is 4.98 Å². The Labute approximate surface area is 139 Å². The van der Waals surface area contributed by atoms with E-state index in [4.69, 9.17) is 11.6 Å². The molecule has 4 rings (SSSR count). The zero-order chi connectivity index (χ0) is 15.3. The number of fused-ring (bicyclic) bond motifs is 3. The van der Waals surface area contributed by atoms with Crippen LogP contribution in [-0.2, 0) is 0 Å². The molecule has 0 aliphatic heterocycles. The van der Waals surface area contributed by atoms with Gasteiger partial charge in [-0.25, -0.2) is 9.50 Å². The van der Waals surface area contributed by atoms with Crippen molar-refractivity contribution in [3.05, 3.63) is 51.5 Å². The molecule has 0 aliphatic carbocycles. The minimum absolute atomic E-state index is 0.627. The first-order valence-corrected chi connectivity index (χ1v) is 7.84. The molecule has 0 fully saturated rings. The summed E-state index contributed by atoms with van der Waals surface area (Å²) in [5.41, 5.74) is 3.87. The van der Waals surface area contributed by atoms with E-state index >= 15 is 0 Å². The second-order valence-electron chi connectivity index (χ2n) is 5.04. The van der Waals surface area contributed by atoms with Gasteiger partial charge in [-0.05, 0) is 48.9 Å². The minimum atomic E-state index is 0.627. The number of nitrogens with zero attached hydrogens (tertiary/aromatic N) is 3. The van der Waals surface area contributed by atoms with Gasteiger partial charge in [-0.15, -0.1) is 0 Å². The van der Waals surface area contributed by atoms with Crippen LogP contribution in [0.1, 0.15) is 5.56 Å². The summed E-state index contributed by atoms with van der Waals surface area (Å²) in [7, 11) is 0. The van der Waals surface area contributed by atoms with E-state index in [1.807, 2.05) is 47.8 Å². The highest BCUT2D eigenvalue weighted by molar-refractivity contribution is 9.10. The Bertz CT molecular complexity index is 1000. The zero-order valence-corrected chi connectivity index (χ0v) is 13.9. The third-order valence-corrected chi connectivity index (χ3v) is 4.20. The van der Waals surface area contributed by atoms with Crippen molar-refractivity contribution in [2.24, 2.45) is 0 Å². The quantitative estimate of drug-likeness (QED) is 0.534. The van der Waals surface area contributed by atoms with Crippen LogP contribution in [0.15, 0.2) is 40.9 Å². The van der Waals surface area contributed by atoms with Crippen LogP contribution >= 0.6 is 27.5 Å². The molecule has 2 aromatic heterocycles. The first-order valence-electron chi connectivity index (χ1n) is 6.67. The summed E-state index contributed by atoms with van der Waals surface area (Å²) < 4.78 is 2.85. The van der Waals surface area contributed by atoms with Crippen molar-refractivity contribution in [2.75, 3.05) is 5.32 Å². The molecule has 2 aromatic carbocycles. The largest absolute Gasteiger partial charge is 0.324 e. The summed E-state index contributed by atoms with van der Waals surface area (Å²) in [5, 5.41) is 7.18. The summed E-state index contributed by atoms with van der Waals surface area (Å²) in [5.74, 6) is 1.26. The predicted molar refractivity (Wildman–Crippen MR) is 92.0 cm³/mol. The van der Waals surface area contributed by atoms with Gasteiger partial charge in [0, 0.05) is 15.2 Å². The molecule has 0 spiro atoms. The molecule has 0 atom stereocenters. The molecule has 110 valence electrons. The van der Waals surface area contributed by atoms with Gasteiger partial charge in [0.25, 0.3) is 5.78 Å². The Balaban J connectivity index is 1.76. The van der Waals surface area contributed by atoms with Gasteiger partial charge >= 0.3 is 0 Å². The Kier molecular flexibility index (Phi) is 3.09. The smallest absolute Gasteiger partial charge is 0.253 e. The predicted octanol–water partition coefficient (Wildman–Crippen LogP) is 4.68. The Hall–Kier alpha value is -2.05. The van der Waals surface area contributed by atoms with Crippen molar-refractivity contribution in [1.29, 1.82) is 0 Å². The highest BCUT2D eigenvalue weighted by atomic mass is 79.9. The second kappa shape index (κ2) is 5.00. The van der Waals surface area contributed by atoms with Gasteiger partial charge in [0.2, 0.25) is 5.95 Å². The number of rotatable bonds is 2. The normalized spacial score (nSPS) is 11.4. The summed E-state index contributed by atoms with van der Waals surface area (Å²) in [6.07, 6.45) is 0. The topological polar surface area (TPSA) is 58.0 Å². The van der Waals surface area contributed by atoms with Crippen LogP contribution < -0.4 is 5.32 Å². The highest BCUT2D eigenvalue weighted by Crippen LogP contribution is 2.24. The lowest BCUT2D eigenvalue weighted by Crippen LogP contribution is -1.95. The lowest BCUT2D eigenvalue weighted by atomic mass is 10.2. The third-order valence-electron chi connectivity index (χ3n) is 3.47. The van der Waals surface area contributed by atoms with E-state index in [-0.39, 0.29) is 0 Å². The maximum absolute atomic E-state index is 5.98. The van der Waals surface area contributed by atoms with E-state index in [9.17, 15) is 0 Å². The van der Waals surface area contributed by atoms with Crippen molar-refractivity contribution in [3.8, 4) is 0 Å². The van der Waals surface area contributed by atoms with Crippen LogP contribution in [0.4, 0.5) is 11.6 Å². The maximum atomic E-state index is 5.98.